The van der Waals surface area contributed by atoms with Crippen molar-refractivity contribution in [1.29, 1.82) is 0 Å². The van der Waals surface area contributed by atoms with Crippen molar-refractivity contribution in [2.75, 3.05) is 49.9 Å². The van der Waals surface area contributed by atoms with Crippen LogP contribution in [0.25, 0.3) is 44.3 Å². The van der Waals surface area contributed by atoms with E-state index in [0.717, 1.165) is 78.4 Å². The maximum atomic E-state index is 5.92. The number of nitrogens with zero attached hydrogens (tertiary/aromatic N) is 7. The Kier molecular flexibility index (Phi) is 11.9. The third-order valence-corrected chi connectivity index (χ3v) is 10.7. The summed E-state index contributed by atoms with van der Waals surface area (Å²) >= 11 is 1.20. The summed E-state index contributed by atoms with van der Waals surface area (Å²) in [4.78, 5) is 6.23. The SMILES string of the molecule is COCCOCCOCCn1nc2c(-c3ccc(N(c4ccccc4)c4ccccc4)cc3)c3n[s+][n-]c3c(-c3ccc(N(c4ccccc4)c4ccccc4)cc3)c2n1. The van der Waals surface area contributed by atoms with Crippen LogP contribution < -0.4 is 14.2 Å². The first kappa shape index (κ1) is 38.7. The van der Waals surface area contributed by atoms with Crippen LogP contribution in [0.15, 0.2) is 170 Å². The molecule has 0 unspecified atom stereocenters. The van der Waals surface area contributed by atoms with Gasteiger partial charge >= 0.3 is 0 Å². The molecule has 9 rings (SSSR count). The molecule has 0 N–H and O–H groups in total. The molecule has 0 aliphatic rings. The standard InChI is InChI=1S/C49H43N7O3S/c1-57-32-33-59-35-34-58-31-30-54-50-46-44(36-22-26-42(27-23-36)55(38-14-6-2-7-15-38)39-16-8-3-9-17-39)48-49(53-60-52-48)45(47(46)51-54)37-24-28-43(29-25-37)56(40-18-10-4-11-19-40)41-20-12-5-13-21-41/h2-29H,30-35H2,1H3. The highest BCUT2D eigenvalue weighted by molar-refractivity contribution is 7.00. The fraction of sp³-hybridized carbons (Fsp3) is 0.143. The highest BCUT2D eigenvalue weighted by Crippen LogP contribution is 2.43. The second kappa shape index (κ2) is 18.4. The van der Waals surface area contributed by atoms with Gasteiger partial charge in [-0.25, -0.2) is 0 Å². The van der Waals surface area contributed by atoms with Crippen molar-refractivity contribution in [3.63, 3.8) is 0 Å². The van der Waals surface area contributed by atoms with E-state index in [1.807, 2.05) is 24.3 Å². The molecule has 10 nitrogen and oxygen atoms in total. The average molecular weight is 810 g/mol. The predicted octanol–water partition coefficient (Wildman–Crippen LogP) is 11.2. The van der Waals surface area contributed by atoms with Gasteiger partial charge < -0.3 is 24.0 Å². The van der Waals surface area contributed by atoms with Crippen LogP contribution in [0, 0.1) is 0 Å². The van der Waals surface area contributed by atoms with Gasteiger partial charge in [-0.3, -0.25) is 0 Å². The lowest BCUT2D eigenvalue weighted by atomic mass is 9.95. The Morgan fingerprint density at radius 2 is 0.867 bits per heavy atom. The van der Waals surface area contributed by atoms with Crippen molar-refractivity contribution in [3.8, 4) is 22.3 Å². The quantitative estimate of drug-likeness (QED) is 0.0658. The molecule has 0 aliphatic carbocycles. The van der Waals surface area contributed by atoms with E-state index in [0.29, 0.717) is 39.6 Å². The minimum atomic E-state index is 0.427. The van der Waals surface area contributed by atoms with Crippen LogP contribution >= 0.6 is 11.7 Å². The molecule has 0 saturated heterocycles. The monoisotopic (exact) mass is 809 g/mol. The molecule has 0 bridgehead atoms. The first-order chi connectivity index (χ1) is 29.8. The zero-order valence-electron chi connectivity index (χ0n) is 33.2. The molecule has 7 aromatic carbocycles. The first-order valence-electron chi connectivity index (χ1n) is 20.0. The van der Waals surface area contributed by atoms with Crippen LogP contribution in [0.2, 0.25) is 0 Å². The number of aromatic nitrogens is 5. The number of hydrogen-bond donors (Lipinski definition) is 0. The smallest absolute Gasteiger partial charge is 0.279 e. The minimum Gasteiger partial charge on any atom is -0.382 e. The molecule has 0 atom stereocenters. The fourth-order valence-corrected chi connectivity index (χ4v) is 8.00. The molecular formula is C49H43N7O3S. The van der Waals surface area contributed by atoms with Crippen molar-refractivity contribution in [2.45, 2.75) is 6.54 Å². The van der Waals surface area contributed by atoms with Gasteiger partial charge in [-0.15, -0.1) is 0 Å². The molecule has 2 heterocycles. The number of fused-ring (bicyclic) bond motifs is 2. The Labute approximate surface area is 353 Å². The maximum absolute atomic E-state index is 5.92. The molecule has 0 amide bonds. The van der Waals surface area contributed by atoms with E-state index in [-0.39, 0.29) is 0 Å². The molecule has 0 saturated carbocycles. The van der Waals surface area contributed by atoms with E-state index < -0.39 is 0 Å². The lowest BCUT2D eigenvalue weighted by Gasteiger charge is -2.25. The van der Waals surface area contributed by atoms with Crippen LogP contribution in [0.1, 0.15) is 0 Å². The molecule has 0 spiro atoms. The summed E-state index contributed by atoms with van der Waals surface area (Å²) in [5.41, 5.74) is 13.2. The molecular weight excluding hydrogens is 767 g/mol. The van der Waals surface area contributed by atoms with Gasteiger partial charge in [0.1, 0.15) is 11.0 Å². The van der Waals surface area contributed by atoms with Crippen LogP contribution in [0.3, 0.4) is 0 Å². The number of methoxy groups -OCH3 is 1. The summed E-state index contributed by atoms with van der Waals surface area (Å²) in [6.45, 7) is 2.93. The Hall–Kier alpha value is -6.76. The van der Waals surface area contributed by atoms with Gasteiger partial charge in [0.15, 0.2) is 0 Å². The molecule has 298 valence electrons. The van der Waals surface area contributed by atoms with Gasteiger partial charge in [0.2, 0.25) is 0 Å². The highest BCUT2D eigenvalue weighted by atomic mass is 32.1. The number of rotatable bonds is 17. The molecule has 2 aromatic heterocycles. The van der Waals surface area contributed by atoms with E-state index in [1.54, 1.807) is 11.9 Å². The van der Waals surface area contributed by atoms with E-state index in [1.165, 1.54) is 11.7 Å². The van der Waals surface area contributed by atoms with Crippen molar-refractivity contribution in [2.24, 2.45) is 0 Å². The molecule has 0 fully saturated rings. The molecule has 9 aromatic rings. The second-order valence-electron chi connectivity index (χ2n) is 14.0. The average Bonchev–Trinajstić information content (AvgIpc) is 3.96. The predicted molar refractivity (Wildman–Crippen MR) is 242 cm³/mol. The number of benzene rings is 7. The number of para-hydroxylation sites is 4. The van der Waals surface area contributed by atoms with Gasteiger partial charge in [-0.2, -0.15) is 23.7 Å². The number of hydrogen-bond acceptors (Lipinski definition) is 8. The highest BCUT2D eigenvalue weighted by Gasteiger charge is 2.23. The van der Waals surface area contributed by atoms with Crippen LogP contribution in [0.4, 0.5) is 34.1 Å². The number of ether oxygens (including phenoxy) is 3. The summed E-state index contributed by atoms with van der Waals surface area (Å²) in [7, 11) is 1.66. The molecule has 0 radical (unpaired) electrons. The lowest BCUT2D eigenvalue weighted by molar-refractivity contribution is 0.0219. The van der Waals surface area contributed by atoms with Gasteiger partial charge in [0.25, 0.3) is 11.7 Å². The van der Waals surface area contributed by atoms with Gasteiger partial charge in [-0.1, -0.05) is 97.1 Å². The Balaban J connectivity index is 1.11. The lowest BCUT2D eigenvalue weighted by Crippen LogP contribution is -2.13. The van der Waals surface area contributed by atoms with Crippen molar-refractivity contribution < 1.29 is 14.2 Å². The summed E-state index contributed by atoms with van der Waals surface area (Å²) < 4.78 is 26.4. The minimum absolute atomic E-state index is 0.427. The van der Waals surface area contributed by atoms with E-state index >= 15 is 0 Å². The fourth-order valence-electron chi connectivity index (χ4n) is 7.44. The van der Waals surface area contributed by atoms with E-state index in [9.17, 15) is 0 Å². The van der Waals surface area contributed by atoms with Gasteiger partial charge in [0.05, 0.1) is 39.6 Å². The largest absolute Gasteiger partial charge is 0.382 e. The third-order valence-electron chi connectivity index (χ3n) is 10.2. The maximum Gasteiger partial charge on any atom is 0.279 e. The summed E-state index contributed by atoms with van der Waals surface area (Å²) in [6, 6.07) is 58.8. The Morgan fingerprint density at radius 1 is 0.467 bits per heavy atom. The van der Waals surface area contributed by atoms with Crippen molar-refractivity contribution in [1.82, 2.24) is 23.7 Å². The molecule has 0 aliphatic heterocycles. The van der Waals surface area contributed by atoms with Crippen LogP contribution in [-0.2, 0) is 20.8 Å². The zero-order chi connectivity index (χ0) is 40.5. The topological polar surface area (TPSA) is 91.9 Å². The second-order valence-corrected chi connectivity index (χ2v) is 14.6. The Morgan fingerprint density at radius 3 is 1.33 bits per heavy atom. The normalized spacial score (nSPS) is 11.3. The summed E-state index contributed by atoms with van der Waals surface area (Å²) in [5, 5.41) is 10.3. The van der Waals surface area contributed by atoms with Gasteiger partial charge in [0, 0.05) is 63.4 Å². The van der Waals surface area contributed by atoms with E-state index in [2.05, 4.69) is 155 Å². The van der Waals surface area contributed by atoms with Crippen LogP contribution in [-0.4, -0.2) is 59.5 Å². The summed E-state index contributed by atoms with van der Waals surface area (Å²) in [5.74, 6) is 0. The summed E-state index contributed by atoms with van der Waals surface area (Å²) in [6.07, 6.45) is 0. The number of anilines is 6. The third kappa shape index (κ3) is 8.25. The Bertz CT molecular complexity index is 2490. The zero-order valence-corrected chi connectivity index (χ0v) is 34.0. The van der Waals surface area contributed by atoms with Crippen molar-refractivity contribution in [3.05, 3.63) is 170 Å². The molecule has 60 heavy (non-hydrogen) atoms. The molecule has 11 heteroatoms. The van der Waals surface area contributed by atoms with E-state index in [4.69, 9.17) is 33.2 Å². The van der Waals surface area contributed by atoms with Gasteiger partial charge in [-0.05, 0) is 83.9 Å². The van der Waals surface area contributed by atoms with Crippen molar-refractivity contribution >= 4 is 67.9 Å². The first-order valence-corrected chi connectivity index (χ1v) is 20.7. The van der Waals surface area contributed by atoms with Crippen LogP contribution in [0.5, 0.6) is 0 Å².